The first kappa shape index (κ1) is 17.0. The Morgan fingerprint density at radius 1 is 1.08 bits per heavy atom. The van der Waals surface area contributed by atoms with Crippen molar-refractivity contribution in [1.82, 2.24) is 15.1 Å². The molecular formula is C21H31N3O. The topological polar surface area (TPSA) is 35.6 Å². The lowest BCUT2D eigenvalue weighted by Gasteiger charge is -2.39. The van der Waals surface area contributed by atoms with E-state index in [1.54, 1.807) is 0 Å². The van der Waals surface area contributed by atoms with Crippen molar-refractivity contribution >= 4 is 5.91 Å². The number of benzene rings is 1. The van der Waals surface area contributed by atoms with E-state index in [9.17, 15) is 4.79 Å². The lowest BCUT2D eigenvalue weighted by atomic mass is 9.92. The van der Waals surface area contributed by atoms with Gasteiger partial charge in [0.1, 0.15) is 0 Å². The van der Waals surface area contributed by atoms with Crippen molar-refractivity contribution in [1.29, 1.82) is 0 Å². The Morgan fingerprint density at radius 3 is 2.36 bits per heavy atom. The summed E-state index contributed by atoms with van der Waals surface area (Å²) in [6, 6.07) is 12.4. The average molecular weight is 341 g/mol. The molecule has 2 bridgehead atoms. The summed E-state index contributed by atoms with van der Waals surface area (Å²) in [4.78, 5) is 17.6. The highest BCUT2D eigenvalue weighted by Crippen LogP contribution is 2.31. The molecule has 3 saturated heterocycles. The Morgan fingerprint density at radius 2 is 1.72 bits per heavy atom. The van der Waals surface area contributed by atoms with E-state index in [1.165, 1.54) is 18.4 Å². The smallest absolute Gasteiger partial charge is 0.225 e. The number of carbonyl (C=O) groups excluding carboxylic acids is 1. The zero-order valence-corrected chi connectivity index (χ0v) is 15.4. The normalized spacial score (nSPS) is 30.4. The number of likely N-dealkylation sites (tertiary alicyclic amines) is 1. The highest BCUT2D eigenvalue weighted by molar-refractivity contribution is 5.79. The number of nitrogens with zero attached hydrogens (tertiary/aromatic N) is 2. The van der Waals surface area contributed by atoms with E-state index < -0.39 is 0 Å². The van der Waals surface area contributed by atoms with Gasteiger partial charge in [-0.2, -0.15) is 0 Å². The standard InChI is InChI=1S/C21H31N3O/c1-23(20-13-18-7-8-19(14-20)22-18)21(25)17-9-11-24(12-10-17)15-16-5-3-2-4-6-16/h2-6,17-20,22H,7-15H2,1H3. The summed E-state index contributed by atoms with van der Waals surface area (Å²) in [6.07, 6.45) is 6.89. The molecule has 136 valence electrons. The molecule has 0 aliphatic carbocycles. The second-order valence-electron chi connectivity index (χ2n) is 8.25. The van der Waals surface area contributed by atoms with Crippen molar-refractivity contribution < 1.29 is 4.79 Å². The lowest BCUT2D eigenvalue weighted by molar-refractivity contribution is -0.138. The molecule has 2 unspecified atom stereocenters. The first-order chi connectivity index (χ1) is 12.2. The molecule has 4 rings (SSSR count). The van der Waals surface area contributed by atoms with Gasteiger partial charge in [-0.25, -0.2) is 0 Å². The van der Waals surface area contributed by atoms with Gasteiger partial charge in [0.2, 0.25) is 5.91 Å². The molecule has 0 spiro atoms. The molecule has 3 aliphatic heterocycles. The van der Waals surface area contributed by atoms with Crippen molar-refractivity contribution in [3.8, 4) is 0 Å². The van der Waals surface area contributed by atoms with Crippen molar-refractivity contribution in [2.75, 3.05) is 20.1 Å². The molecule has 4 nitrogen and oxygen atoms in total. The second-order valence-corrected chi connectivity index (χ2v) is 8.25. The molecule has 0 aromatic heterocycles. The summed E-state index contributed by atoms with van der Waals surface area (Å²) < 4.78 is 0. The summed E-state index contributed by atoms with van der Waals surface area (Å²) in [5.74, 6) is 0.621. The minimum Gasteiger partial charge on any atom is -0.342 e. The van der Waals surface area contributed by atoms with Crippen molar-refractivity contribution in [3.05, 3.63) is 35.9 Å². The van der Waals surface area contributed by atoms with E-state index in [0.29, 0.717) is 24.0 Å². The zero-order chi connectivity index (χ0) is 17.2. The first-order valence-corrected chi connectivity index (χ1v) is 9.98. The van der Waals surface area contributed by atoms with E-state index in [1.807, 2.05) is 7.05 Å². The van der Waals surface area contributed by atoms with Crippen LogP contribution in [0.4, 0.5) is 0 Å². The molecule has 0 saturated carbocycles. The van der Waals surface area contributed by atoms with Crippen LogP contribution >= 0.6 is 0 Å². The Labute approximate surface area is 151 Å². The van der Waals surface area contributed by atoms with Crippen LogP contribution in [0.15, 0.2) is 30.3 Å². The molecule has 3 heterocycles. The Bertz CT molecular complexity index is 570. The maximum Gasteiger partial charge on any atom is 0.225 e. The van der Waals surface area contributed by atoms with Crippen molar-refractivity contribution in [3.63, 3.8) is 0 Å². The molecule has 1 aromatic carbocycles. The molecular weight excluding hydrogens is 310 g/mol. The number of amides is 1. The maximum absolute atomic E-state index is 13.0. The molecule has 1 amide bonds. The van der Waals surface area contributed by atoms with Crippen LogP contribution in [0.2, 0.25) is 0 Å². The zero-order valence-electron chi connectivity index (χ0n) is 15.4. The quantitative estimate of drug-likeness (QED) is 0.914. The highest BCUT2D eigenvalue weighted by Gasteiger charge is 2.38. The third kappa shape index (κ3) is 3.90. The Kier molecular flexibility index (Phi) is 5.09. The van der Waals surface area contributed by atoms with E-state index in [0.717, 1.165) is 45.3 Å². The van der Waals surface area contributed by atoms with Gasteiger partial charge in [0.15, 0.2) is 0 Å². The van der Waals surface area contributed by atoms with Gasteiger partial charge in [-0.1, -0.05) is 30.3 Å². The van der Waals surface area contributed by atoms with Gasteiger partial charge in [0.25, 0.3) is 0 Å². The number of hydrogen-bond donors (Lipinski definition) is 1. The third-order valence-electron chi connectivity index (χ3n) is 6.53. The van der Waals surface area contributed by atoms with Gasteiger partial charge in [0.05, 0.1) is 0 Å². The average Bonchev–Trinajstić information content (AvgIpc) is 3.00. The fourth-order valence-corrected chi connectivity index (χ4v) is 4.99. The van der Waals surface area contributed by atoms with Crippen LogP contribution in [0, 0.1) is 5.92 Å². The van der Waals surface area contributed by atoms with E-state index in [2.05, 4.69) is 45.4 Å². The van der Waals surface area contributed by atoms with Crippen LogP contribution in [0.3, 0.4) is 0 Å². The molecule has 0 radical (unpaired) electrons. The van der Waals surface area contributed by atoms with Crippen molar-refractivity contribution in [2.45, 2.75) is 63.2 Å². The lowest BCUT2D eigenvalue weighted by Crippen LogP contribution is -2.51. The third-order valence-corrected chi connectivity index (χ3v) is 6.53. The summed E-state index contributed by atoms with van der Waals surface area (Å²) in [5, 5.41) is 3.68. The first-order valence-electron chi connectivity index (χ1n) is 9.98. The van der Waals surface area contributed by atoms with Crippen LogP contribution in [-0.2, 0) is 11.3 Å². The summed E-state index contributed by atoms with van der Waals surface area (Å²) in [7, 11) is 2.05. The van der Waals surface area contributed by atoms with E-state index in [-0.39, 0.29) is 5.92 Å². The Hall–Kier alpha value is -1.39. The van der Waals surface area contributed by atoms with Crippen molar-refractivity contribution in [2.24, 2.45) is 5.92 Å². The summed E-state index contributed by atoms with van der Waals surface area (Å²) in [6.45, 7) is 3.09. The van der Waals surface area contributed by atoms with Gasteiger partial charge in [0, 0.05) is 37.6 Å². The van der Waals surface area contributed by atoms with Gasteiger partial charge >= 0.3 is 0 Å². The van der Waals surface area contributed by atoms with E-state index >= 15 is 0 Å². The highest BCUT2D eigenvalue weighted by atomic mass is 16.2. The summed E-state index contributed by atoms with van der Waals surface area (Å²) >= 11 is 0. The SMILES string of the molecule is CN(C(=O)C1CCN(Cc2ccccc2)CC1)C1CC2CCC(C1)N2. The number of rotatable bonds is 4. The fraction of sp³-hybridized carbons (Fsp3) is 0.667. The molecule has 3 aliphatic rings. The number of piperidine rings is 2. The number of carbonyl (C=O) groups is 1. The minimum absolute atomic E-state index is 0.226. The predicted octanol–water partition coefficient (Wildman–Crippen LogP) is 2.64. The van der Waals surface area contributed by atoms with Crippen LogP contribution in [0.5, 0.6) is 0 Å². The van der Waals surface area contributed by atoms with Crippen LogP contribution < -0.4 is 5.32 Å². The van der Waals surface area contributed by atoms with Gasteiger partial charge < -0.3 is 10.2 Å². The number of fused-ring (bicyclic) bond motifs is 2. The van der Waals surface area contributed by atoms with E-state index in [4.69, 9.17) is 0 Å². The predicted molar refractivity (Wildman–Crippen MR) is 100 cm³/mol. The fourth-order valence-electron chi connectivity index (χ4n) is 4.99. The second kappa shape index (κ2) is 7.46. The van der Waals surface area contributed by atoms with Crippen LogP contribution in [0.1, 0.15) is 44.1 Å². The van der Waals surface area contributed by atoms with Gasteiger partial charge in [-0.15, -0.1) is 0 Å². The number of nitrogens with one attached hydrogen (secondary N) is 1. The largest absolute Gasteiger partial charge is 0.342 e. The Balaban J connectivity index is 1.27. The molecule has 3 fully saturated rings. The van der Waals surface area contributed by atoms with Gasteiger partial charge in [-0.3, -0.25) is 9.69 Å². The molecule has 1 aromatic rings. The van der Waals surface area contributed by atoms with Crippen LogP contribution in [-0.4, -0.2) is 54.0 Å². The molecule has 4 heteroatoms. The minimum atomic E-state index is 0.226. The van der Waals surface area contributed by atoms with Crippen LogP contribution in [0.25, 0.3) is 0 Å². The monoisotopic (exact) mass is 341 g/mol. The summed E-state index contributed by atoms with van der Waals surface area (Å²) in [5.41, 5.74) is 1.37. The molecule has 1 N–H and O–H groups in total. The maximum atomic E-state index is 13.0. The molecule has 2 atom stereocenters. The molecule has 25 heavy (non-hydrogen) atoms. The van der Waals surface area contributed by atoms with Gasteiger partial charge in [-0.05, 0) is 57.2 Å². The number of hydrogen-bond acceptors (Lipinski definition) is 3.